The molecule has 2 aromatic rings. The summed E-state index contributed by atoms with van der Waals surface area (Å²) in [7, 11) is 2.99. The van der Waals surface area contributed by atoms with E-state index in [1.54, 1.807) is 49.4 Å². The molecule has 0 aromatic heterocycles. The summed E-state index contributed by atoms with van der Waals surface area (Å²) < 4.78 is 0. The molecule has 0 unspecified atom stereocenters. The molecule has 0 radical (unpaired) electrons. The Morgan fingerprint density at radius 1 is 1.03 bits per heavy atom. The Balaban J connectivity index is 1.78. The van der Waals surface area contributed by atoms with E-state index in [4.69, 9.17) is 5.73 Å². The zero-order valence-corrected chi connectivity index (χ0v) is 20.9. The zero-order valence-electron chi connectivity index (χ0n) is 20.9. The summed E-state index contributed by atoms with van der Waals surface area (Å²) >= 11 is 0. The molecule has 10 nitrogen and oxygen atoms in total. The average molecular weight is 521 g/mol. The van der Waals surface area contributed by atoms with Gasteiger partial charge in [0.1, 0.15) is 22.8 Å². The summed E-state index contributed by atoms with van der Waals surface area (Å²) in [5.41, 5.74) is 2.34. The number of benzene rings is 2. The summed E-state index contributed by atoms with van der Waals surface area (Å²) in [5, 5.41) is 56.9. The molecule has 3 aliphatic rings. The lowest BCUT2D eigenvalue weighted by Gasteiger charge is -2.53. The number of fused-ring (bicyclic) bond motifs is 3. The maximum absolute atomic E-state index is 13.9. The third kappa shape index (κ3) is 3.14. The van der Waals surface area contributed by atoms with Crippen LogP contribution in [0.3, 0.4) is 0 Å². The molecule has 3 aliphatic carbocycles. The van der Waals surface area contributed by atoms with E-state index in [1.807, 2.05) is 0 Å². The van der Waals surface area contributed by atoms with Crippen LogP contribution in [0.15, 0.2) is 65.1 Å². The van der Waals surface area contributed by atoms with Gasteiger partial charge in [0.25, 0.3) is 5.91 Å². The summed E-state index contributed by atoms with van der Waals surface area (Å²) in [6, 6.07) is 10.9. The van der Waals surface area contributed by atoms with Gasteiger partial charge in [-0.3, -0.25) is 19.3 Å². The Bertz CT molecular complexity index is 1460. The number of nitrogens with two attached hydrogens (primary N) is 1. The number of carbonyl (C=O) groups is 3. The maximum Gasteiger partial charge on any atom is 0.255 e. The summed E-state index contributed by atoms with van der Waals surface area (Å²) in [4.78, 5) is 40.8. The normalized spacial score (nSPS) is 30.7. The topological polar surface area (TPSA) is 182 Å². The predicted octanol–water partition coefficient (Wildman–Crippen LogP) is 1.32. The number of aromatic hydroxyl groups is 1. The Labute approximate surface area is 217 Å². The van der Waals surface area contributed by atoms with Gasteiger partial charge in [0.2, 0.25) is 5.78 Å². The molecular weight excluding hydrogens is 492 g/mol. The van der Waals surface area contributed by atoms with Crippen LogP contribution in [-0.2, 0) is 9.59 Å². The van der Waals surface area contributed by atoms with Gasteiger partial charge in [-0.2, -0.15) is 0 Å². The lowest BCUT2D eigenvalue weighted by molar-refractivity contribution is -0.162. The molecule has 0 aliphatic heterocycles. The van der Waals surface area contributed by atoms with E-state index in [1.165, 1.54) is 19.0 Å². The van der Waals surface area contributed by atoms with Gasteiger partial charge >= 0.3 is 0 Å². The highest BCUT2D eigenvalue weighted by atomic mass is 16.4. The van der Waals surface area contributed by atoms with Crippen molar-refractivity contribution in [2.75, 3.05) is 14.1 Å². The highest BCUT2D eigenvalue weighted by Gasteiger charge is 2.67. The molecule has 7 N–H and O–H groups in total. The Hall–Kier alpha value is -3.99. The standard InChI is InChI=1S/C28H28N2O8/c1-11-13-9-10-14(12-7-5-4-6-8-12)21(31)16(13)22(32)17-15(11)23(33)19-20(30(2)3)24(34)18(27(29)37)26(36)28(19,38)25(17)35/h4-11,15,19-20,23,31,33-35,38H,1-3H3,(H2,29,37)/t11-,15-,19-,20+,23+,28+/m1/s1. The van der Waals surface area contributed by atoms with Crippen LogP contribution in [0, 0.1) is 11.8 Å². The van der Waals surface area contributed by atoms with Crippen LogP contribution >= 0.6 is 0 Å². The zero-order chi connectivity index (χ0) is 27.8. The van der Waals surface area contributed by atoms with Gasteiger partial charge in [0.05, 0.1) is 23.6 Å². The molecule has 0 spiro atoms. The number of aliphatic hydroxyl groups is 4. The van der Waals surface area contributed by atoms with Crippen LogP contribution in [0.1, 0.15) is 28.8 Å². The average Bonchev–Trinajstić information content (AvgIpc) is 2.86. The first kappa shape index (κ1) is 25.7. The second-order valence-electron chi connectivity index (χ2n) is 10.3. The number of rotatable bonds is 3. The monoisotopic (exact) mass is 520 g/mol. The van der Waals surface area contributed by atoms with Crippen molar-refractivity contribution in [1.29, 1.82) is 0 Å². The van der Waals surface area contributed by atoms with Gasteiger partial charge < -0.3 is 31.3 Å². The highest BCUT2D eigenvalue weighted by Crippen LogP contribution is 2.56. The van der Waals surface area contributed by atoms with Crippen molar-refractivity contribution in [2.45, 2.75) is 30.6 Å². The number of hydrogen-bond acceptors (Lipinski definition) is 9. The van der Waals surface area contributed by atoms with Gasteiger partial charge in [0, 0.05) is 17.1 Å². The minimum absolute atomic E-state index is 0.119. The van der Waals surface area contributed by atoms with Crippen molar-refractivity contribution in [3.63, 3.8) is 0 Å². The first-order valence-corrected chi connectivity index (χ1v) is 12.1. The van der Waals surface area contributed by atoms with E-state index in [9.17, 15) is 39.9 Å². The van der Waals surface area contributed by atoms with E-state index in [2.05, 4.69) is 0 Å². The number of Topliss-reactive ketones (excluding diaryl/α,β-unsaturated/α-hetero) is 2. The molecule has 0 fully saturated rings. The number of aliphatic hydroxyl groups excluding tert-OH is 3. The van der Waals surface area contributed by atoms with Gasteiger partial charge in [-0.05, 0) is 31.1 Å². The van der Waals surface area contributed by atoms with Gasteiger partial charge in [0.15, 0.2) is 11.4 Å². The molecule has 6 atom stereocenters. The fourth-order valence-electron chi connectivity index (χ4n) is 6.47. The second-order valence-corrected chi connectivity index (χ2v) is 10.3. The van der Waals surface area contributed by atoms with Gasteiger partial charge in [-0.15, -0.1) is 0 Å². The molecule has 5 rings (SSSR count). The van der Waals surface area contributed by atoms with Gasteiger partial charge in [-0.25, -0.2) is 0 Å². The third-order valence-electron chi connectivity index (χ3n) is 8.22. The summed E-state index contributed by atoms with van der Waals surface area (Å²) in [5.74, 6) is -9.03. The minimum atomic E-state index is -2.93. The van der Waals surface area contributed by atoms with Gasteiger partial charge in [-0.1, -0.05) is 49.4 Å². The molecule has 2 aromatic carbocycles. The molecule has 10 heteroatoms. The number of primary amides is 1. The molecule has 1 amide bonds. The number of carbonyl (C=O) groups excluding carboxylic acids is 3. The number of ketones is 2. The van der Waals surface area contributed by atoms with Crippen LogP contribution in [0.5, 0.6) is 5.75 Å². The van der Waals surface area contributed by atoms with E-state index >= 15 is 0 Å². The first-order chi connectivity index (χ1) is 17.8. The highest BCUT2D eigenvalue weighted by molar-refractivity contribution is 6.25. The first-order valence-electron chi connectivity index (χ1n) is 12.1. The predicted molar refractivity (Wildman–Crippen MR) is 135 cm³/mol. The number of phenolic OH excluding ortho intramolecular Hbond substituents is 1. The Morgan fingerprint density at radius 3 is 2.24 bits per heavy atom. The fourth-order valence-corrected chi connectivity index (χ4v) is 6.47. The van der Waals surface area contributed by atoms with Crippen molar-refractivity contribution in [2.24, 2.45) is 17.6 Å². The number of amides is 1. The van der Waals surface area contributed by atoms with Crippen molar-refractivity contribution in [3.8, 4) is 16.9 Å². The minimum Gasteiger partial charge on any atom is -0.510 e. The van der Waals surface area contributed by atoms with Crippen molar-refractivity contribution in [1.82, 2.24) is 4.90 Å². The van der Waals surface area contributed by atoms with Crippen LogP contribution in [0.2, 0.25) is 0 Å². The van der Waals surface area contributed by atoms with Crippen molar-refractivity contribution >= 4 is 17.5 Å². The Kier molecular flexibility index (Phi) is 5.75. The van der Waals surface area contributed by atoms with Crippen LogP contribution in [-0.4, -0.2) is 79.7 Å². The van der Waals surface area contributed by atoms with E-state index in [0.717, 1.165) is 0 Å². The molecule has 198 valence electrons. The van der Waals surface area contributed by atoms with Crippen LogP contribution < -0.4 is 5.73 Å². The molecule has 0 bridgehead atoms. The molecule has 0 saturated carbocycles. The Morgan fingerprint density at radius 2 is 1.66 bits per heavy atom. The number of phenols is 1. The number of nitrogens with zero attached hydrogens (tertiary/aromatic N) is 1. The van der Waals surface area contributed by atoms with Crippen molar-refractivity contribution < 1.29 is 39.9 Å². The fraction of sp³-hybridized carbons (Fsp3) is 0.321. The smallest absolute Gasteiger partial charge is 0.255 e. The lowest BCUT2D eigenvalue weighted by Crippen LogP contribution is -2.68. The maximum atomic E-state index is 13.9. The largest absolute Gasteiger partial charge is 0.510 e. The van der Waals surface area contributed by atoms with E-state index < -0.39 is 75.6 Å². The third-order valence-corrected chi connectivity index (χ3v) is 8.22. The molecule has 0 heterocycles. The van der Waals surface area contributed by atoms with E-state index in [-0.39, 0.29) is 11.3 Å². The van der Waals surface area contributed by atoms with Crippen molar-refractivity contribution in [3.05, 3.63) is 76.3 Å². The quantitative estimate of drug-likeness (QED) is 0.325. The summed E-state index contributed by atoms with van der Waals surface area (Å²) in [6.07, 6.45) is -1.62. The number of likely N-dealkylation sites (N-methyl/N-ethyl adjacent to an activating group) is 1. The lowest BCUT2D eigenvalue weighted by atomic mass is 9.55. The second kappa shape index (κ2) is 8.52. The SMILES string of the molecule is C[C@@H]1c2ccc(-c3ccccc3)c(O)c2C(=O)C2=C(O)[C@]3(O)C(=O)C(C(N)=O)=C(O)[C@@H](N(C)C)[C@@H]3[C@@H](O)[C@@H]21. The van der Waals surface area contributed by atoms with E-state index in [0.29, 0.717) is 16.7 Å². The molecule has 38 heavy (non-hydrogen) atoms. The molecular formula is C28H28N2O8. The molecule has 0 saturated heterocycles. The summed E-state index contributed by atoms with van der Waals surface area (Å²) in [6.45, 7) is 1.69. The number of hydrogen-bond donors (Lipinski definition) is 6. The van der Waals surface area contributed by atoms with Crippen LogP contribution in [0.4, 0.5) is 0 Å². The van der Waals surface area contributed by atoms with Crippen LogP contribution in [0.25, 0.3) is 11.1 Å².